The number of rotatable bonds is 2. The Hall–Kier alpha value is -1.75. The quantitative estimate of drug-likeness (QED) is 0.832. The van der Waals surface area contributed by atoms with Crippen LogP contribution >= 0.6 is 11.6 Å². The lowest BCUT2D eigenvalue weighted by atomic mass is 10.3. The smallest absolute Gasteiger partial charge is 0.258 e. The van der Waals surface area contributed by atoms with Gasteiger partial charge in [0.1, 0.15) is 5.82 Å². The molecule has 2 aromatic rings. The molecule has 3 nitrogen and oxygen atoms in total. The second-order valence-electron chi connectivity index (χ2n) is 3.67. The van der Waals surface area contributed by atoms with E-state index in [9.17, 15) is 8.78 Å². The molecule has 1 aromatic carbocycles. The zero-order valence-corrected chi connectivity index (χ0v) is 10.4. The summed E-state index contributed by atoms with van der Waals surface area (Å²) in [5.41, 5.74) is 1.25. The third-order valence-electron chi connectivity index (χ3n) is 2.34. The van der Waals surface area contributed by atoms with Gasteiger partial charge in [-0.3, -0.25) is 0 Å². The Morgan fingerprint density at radius 1 is 1.11 bits per heavy atom. The molecule has 2 rings (SSSR count). The maximum Gasteiger partial charge on any atom is 0.258 e. The molecule has 0 aliphatic carbocycles. The van der Waals surface area contributed by atoms with Crippen LogP contribution in [-0.4, -0.2) is 9.97 Å². The Kier molecular flexibility index (Phi) is 3.43. The predicted molar refractivity (Wildman–Crippen MR) is 62.9 cm³/mol. The van der Waals surface area contributed by atoms with E-state index in [0.717, 1.165) is 18.2 Å². The maximum atomic E-state index is 13.4. The summed E-state index contributed by atoms with van der Waals surface area (Å²) in [7, 11) is 0. The summed E-state index contributed by atoms with van der Waals surface area (Å²) in [5.74, 6) is -1.65. The Morgan fingerprint density at radius 3 is 2.50 bits per heavy atom. The van der Waals surface area contributed by atoms with Gasteiger partial charge in [-0.1, -0.05) is 11.6 Å². The average Bonchev–Trinajstić information content (AvgIpc) is 2.30. The van der Waals surface area contributed by atoms with Crippen LogP contribution in [0.4, 0.5) is 8.78 Å². The highest BCUT2D eigenvalue weighted by atomic mass is 35.5. The molecule has 94 valence electrons. The fourth-order valence-corrected chi connectivity index (χ4v) is 1.49. The molecule has 0 saturated heterocycles. The molecule has 1 heterocycles. The molecule has 1 aromatic heterocycles. The van der Waals surface area contributed by atoms with E-state index < -0.39 is 11.6 Å². The van der Waals surface area contributed by atoms with E-state index in [-0.39, 0.29) is 16.8 Å². The van der Waals surface area contributed by atoms with Crippen LogP contribution in [0.1, 0.15) is 11.4 Å². The van der Waals surface area contributed by atoms with Crippen molar-refractivity contribution in [3.8, 4) is 11.6 Å². The zero-order chi connectivity index (χ0) is 13.3. The minimum Gasteiger partial charge on any atom is -0.433 e. The van der Waals surface area contributed by atoms with Crippen LogP contribution in [0.5, 0.6) is 11.6 Å². The van der Waals surface area contributed by atoms with Crippen molar-refractivity contribution in [2.24, 2.45) is 0 Å². The van der Waals surface area contributed by atoms with Crippen LogP contribution in [0.15, 0.2) is 18.2 Å². The molecule has 0 aliphatic heterocycles. The van der Waals surface area contributed by atoms with Gasteiger partial charge in [0.2, 0.25) is 0 Å². The van der Waals surface area contributed by atoms with Crippen molar-refractivity contribution >= 4 is 11.6 Å². The first-order valence-electron chi connectivity index (χ1n) is 5.11. The molecular weight excluding hydrogens is 262 g/mol. The van der Waals surface area contributed by atoms with Crippen molar-refractivity contribution < 1.29 is 13.5 Å². The molecule has 0 amide bonds. The zero-order valence-electron chi connectivity index (χ0n) is 9.67. The minimum atomic E-state index is -0.701. The number of aromatic nitrogens is 2. The van der Waals surface area contributed by atoms with Crippen LogP contribution in [0, 0.1) is 25.5 Å². The van der Waals surface area contributed by atoms with Crippen LogP contribution in [0.3, 0.4) is 0 Å². The third-order valence-corrected chi connectivity index (χ3v) is 2.58. The van der Waals surface area contributed by atoms with Gasteiger partial charge in [-0.05, 0) is 26.0 Å². The standard InChI is InChI=1S/C12H9ClF2N2O/c1-6-7(2)17-12(11(13)16-6)18-10-5-8(14)3-4-9(10)15/h3-5H,1-2H3. The molecule has 0 aliphatic rings. The van der Waals surface area contributed by atoms with Crippen LogP contribution in [-0.2, 0) is 0 Å². The lowest BCUT2D eigenvalue weighted by molar-refractivity contribution is 0.419. The molecule has 0 fully saturated rings. The second-order valence-corrected chi connectivity index (χ2v) is 4.03. The first kappa shape index (κ1) is 12.7. The summed E-state index contributed by atoms with van der Waals surface area (Å²) in [5, 5.41) is 0.00163. The Balaban J connectivity index is 2.40. The molecule has 0 N–H and O–H groups in total. The van der Waals surface area contributed by atoms with Crippen molar-refractivity contribution in [2.45, 2.75) is 13.8 Å². The number of hydrogen-bond acceptors (Lipinski definition) is 3. The number of hydrogen-bond donors (Lipinski definition) is 0. The highest BCUT2D eigenvalue weighted by Gasteiger charge is 2.12. The fourth-order valence-electron chi connectivity index (χ4n) is 1.28. The highest BCUT2D eigenvalue weighted by molar-refractivity contribution is 6.30. The predicted octanol–water partition coefficient (Wildman–Crippen LogP) is 3.82. The summed E-state index contributed by atoms with van der Waals surface area (Å²) in [6, 6.07) is 2.88. The third kappa shape index (κ3) is 2.56. The van der Waals surface area contributed by atoms with Crippen molar-refractivity contribution in [3.63, 3.8) is 0 Å². The molecular formula is C12H9ClF2N2O. The number of aryl methyl sites for hydroxylation is 2. The van der Waals surface area contributed by atoms with Gasteiger partial charge >= 0.3 is 0 Å². The minimum absolute atomic E-state index is 0.00163. The molecule has 0 saturated carbocycles. The van der Waals surface area contributed by atoms with E-state index in [1.165, 1.54) is 0 Å². The SMILES string of the molecule is Cc1nc(Cl)c(Oc2cc(F)ccc2F)nc1C. The van der Waals surface area contributed by atoms with Gasteiger partial charge < -0.3 is 4.74 Å². The van der Waals surface area contributed by atoms with E-state index in [2.05, 4.69) is 9.97 Å². The maximum absolute atomic E-state index is 13.4. The largest absolute Gasteiger partial charge is 0.433 e. The fraction of sp³-hybridized carbons (Fsp3) is 0.167. The molecule has 18 heavy (non-hydrogen) atoms. The number of nitrogens with zero attached hydrogens (tertiary/aromatic N) is 2. The molecule has 0 atom stereocenters. The van der Waals surface area contributed by atoms with Gasteiger partial charge in [0.15, 0.2) is 16.7 Å². The molecule has 6 heteroatoms. The monoisotopic (exact) mass is 270 g/mol. The Morgan fingerprint density at radius 2 is 1.78 bits per heavy atom. The van der Waals surface area contributed by atoms with E-state index in [1.807, 2.05) is 0 Å². The van der Waals surface area contributed by atoms with Crippen molar-refractivity contribution in [2.75, 3.05) is 0 Å². The van der Waals surface area contributed by atoms with E-state index >= 15 is 0 Å². The molecule has 0 spiro atoms. The molecule has 0 unspecified atom stereocenters. The van der Waals surface area contributed by atoms with Gasteiger partial charge in [-0.15, -0.1) is 0 Å². The number of benzene rings is 1. The summed E-state index contributed by atoms with van der Waals surface area (Å²) < 4.78 is 31.5. The van der Waals surface area contributed by atoms with Crippen LogP contribution in [0.25, 0.3) is 0 Å². The average molecular weight is 271 g/mol. The Bertz CT molecular complexity index is 605. The summed E-state index contributed by atoms with van der Waals surface area (Å²) in [6.07, 6.45) is 0. The van der Waals surface area contributed by atoms with Crippen molar-refractivity contribution in [1.82, 2.24) is 9.97 Å². The van der Waals surface area contributed by atoms with Crippen molar-refractivity contribution in [3.05, 3.63) is 46.4 Å². The summed E-state index contributed by atoms with van der Waals surface area (Å²) in [4.78, 5) is 8.02. The van der Waals surface area contributed by atoms with E-state index in [0.29, 0.717) is 11.4 Å². The number of ether oxygens (including phenoxy) is 1. The first-order valence-corrected chi connectivity index (χ1v) is 5.49. The van der Waals surface area contributed by atoms with Crippen LogP contribution in [0.2, 0.25) is 5.15 Å². The lowest BCUT2D eigenvalue weighted by Gasteiger charge is -2.08. The van der Waals surface area contributed by atoms with Crippen molar-refractivity contribution in [1.29, 1.82) is 0 Å². The first-order chi connectivity index (χ1) is 8.47. The van der Waals surface area contributed by atoms with E-state index in [1.54, 1.807) is 13.8 Å². The summed E-state index contributed by atoms with van der Waals surface area (Å²) in [6.45, 7) is 3.45. The van der Waals surface area contributed by atoms with Crippen LogP contribution < -0.4 is 4.74 Å². The van der Waals surface area contributed by atoms with Gasteiger partial charge in [-0.25, -0.2) is 18.7 Å². The molecule has 0 bridgehead atoms. The highest BCUT2D eigenvalue weighted by Crippen LogP contribution is 2.28. The topological polar surface area (TPSA) is 35.0 Å². The molecule has 0 radical (unpaired) electrons. The Labute approximate surface area is 107 Å². The number of halogens is 3. The second kappa shape index (κ2) is 4.86. The normalized spacial score (nSPS) is 10.5. The van der Waals surface area contributed by atoms with E-state index in [4.69, 9.17) is 16.3 Å². The van der Waals surface area contributed by atoms with Gasteiger partial charge in [0, 0.05) is 6.07 Å². The summed E-state index contributed by atoms with van der Waals surface area (Å²) >= 11 is 5.83. The van der Waals surface area contributed by atoms with Gasteiger partial charge in [0.05, 0.1) is 11.4 Å². The van der Waals surface area contributed by atoms with Gasteiger partial charge in [0.25, 0.3) is 5.88 Å². The lowest BCUT2D eigenvalue weighted by Crippen LogP contribution is -1.98. The van der Waals surface area contributed by atoms with Gasteiger partial charge in [-0.2, -0.15) is 0 Å².